The third-order valence-electron chi connectivity index (χ3n) is 3.96. The third kappa shape index (κ3) is 3.19. The minimum atomic E-state index is -0.349. The Balaban J connectivity index is 1.68. The van der Waals surface area contributed by atoms with Gasteiger partial charge in [0.05, 0.1) is 13.2 Å². The van der Waals surface area contributed by atoms with Crippen molar-refractivity contribution in [1.82, 2.24) is 0 Å². The fourth-order valence-electron chi connectivity index (χ4n) is 2.73. The van der Waals surface area contributed by atoms with Crippen molar-refractivity contribution >= 4 is 0 Å². The van der Waals surface area contributed by atoms with Gasteiger partial charge in [0.2, 0.25) is 0 Å². The van der Waals surface area contributed by atoms with Gasteiger partial charge in [0.1, 0.15) is 18.1 Å². The average molecular weight is 284 g/mol. The number of benzene rings is 2. The molecule has 1 atom stereocenters. The molecule has 110 valence electrons. The molecule has 3 nitrogen and oxygen atoms in total. The second-order valence-corrected chi connectivity index (χ2v) is 5.41. The van der Waals surface area contributed by atoms with Crippen LogP contribution in [0.25, 0.3) is 0 Å². The van der Waals surface area contributed by atoms with E-state index in [4.69, 9.17) is 9.47 Å². The number of rotatable bonds is 4. The molecule has 1 N–H and O–H groups in total. The van der Waals surface area contributed by atoms with Crippen LogP contribution >= 0.6 is 0 Å². The molecule has 0 bridgehead atoms. The van der Waals surface area contributed by atoms with Crippen LogP contribution in [0.3, 0.4) is 0 Å². The summed E-state index contributed by atoms with van der Waals surface area (Å²) in [4.78, 5) is 0. The maximum atomic E-state index is 10.1. The highest BCUT2D eigenvalue weighted by Gasteiger charge is 2.18. The first kappa shape index (κ1) is 14.0. The summed E-state index contributed by atoms with van der Waals surface area (Å²) in [5.41, 5.74) is 3.35. The normalized spacial score (nSPS) is 17.1. The topological polar surface area (TPSA) is 38.7 Å². The molecule has 0 heterocycles. The first-order chi connectivity index (χ1) is 10.3. The van der Waals surface area contributed by atoms with E-state index in [1.54, 1.807) is 7.11 Å². The van der Waals surface area contributed by atoms with Crippen molar-refractivity contribution in [2.75, 3.05) is 7.11 Å². The highest BCUT2D eigenvalue weighted by Crippen LogP contribution is 2.32. The third-order valence-corrected chi connectivity index (χ3v) is 3.96. The molecule has 1 aliphatic carbocycles. The molecule has 0 saturated heterocycles. The number of aliphatic hydroxyl groups excluding tert-OH is 1. The van der Waals surface area contributed by atoms with E-state index in [0.717, 1.165) is 41.9 Å². The smallest absolute Gasteiger partial charge is 0.120 e. The van der Waals surface area contributed by atoms with Gasteiger partial charge in [-0.2, -0.15) is 0 Å². The Bertz CT molecular complexity index is 604. The molecule has 0 spiro atoms. The van der Waals surface area contributed by atoms with Crippen molar-refractivity contribution in [1.29, 1.82) is 0 Å². The van der Waals surface area contributed by atoms with E-state index in [0.29, 0.717) is 6.61 Å². The number of fused-ring (bicyclic) bond motifs is 1. The largest absolute Gasteiger partial charge is 0.497 e. The van der Waals surface area contributed by atoms with E-state index >= 15 is 0 Å². The number of ether oxygens (including phenoxy) is 2. The van der Waals surface area contributed by atoms with Gasteiger partial charge in [-0.1, -0.05) is 18.2 Å². The van der Waals surface area contributed by atoms with Crippen molar-refractivity contribution in [2.24, 2.45) is 0 Å². The summed E-state index contributed by atoms with van der Waals surface area (Å²) in [5, 5.41) is 10.1. The standard InChI is InChI=1S/C18H20O3/c1-20-15-8-5-13(6-9-15)12-21-16-10-7-14-3-2-4-18(19)17(14)11-16/h5-11,18-19H,2-4,12H2,1H3/t18-/m1/s1. The lowest BCUT2D eigenvalue weighted by Crippen LogP contribution is -2.09. The second kappa shape index (κ2) is 6.19. The van der Waals surface area contributed by atoms with Crippen LogP contribution in [-0.2, 0) is 13.0 Å². The molecule has 0 aromatic heterocycles. The van der Waals surface area contributed by atoms with Crippen molar-refractivity contribution in [2.45, 2.75) is 32.0 Å². The van der Waals surface area contributed by atoms with E-state index in [1.165, 1.54) is 5.56 Å². The molecule has 0 fully saturated rings. The average Bonchev–Trinajstić information content (AvgIpc) is 2.54. The van der Waals surface area contributed by atoms with Crippen LogP contribution < -0.4 is 9.47 Å². The van der Waals surface area contributed by atoms with E-state index in [-0.39, 0.29) is 6.10 Å². The van der Waals surface area contributed by atoms with Crippen molar-refractivity contribution in [3.63, 3.8) is 0 Å². The van der Waals surface area contributed by atoms with Crippen LogP contribution in [0.5, 0.6) is 11.5 Å². The zero-order valence-corrected chi connectivity index (χ0v) is 12.2. The number of aliphatic hydroxyl groups is 1. The summed E-state index contributed by atoms with van der Waals surface area (Å²) < 4.78 is 11.0. The molecule has 0 amide bonds. The maximum absolute atomic E-state index is 10.1. The van der Waals surface area contributed by atoms with Gasteiger partial charge >= 0.3 is 0 Å². The van der Waals surface area contributed by atoms with E-state index < -0.39 is 0 Å². The van der Waals surface area contributed by atoms with Crippen molar-refractivity contribution in [3.05, 3.63) is 59.2 Å². The van der Waals surface area contributed by atoms with Gasteiger partial charge in [-0.25, -0.2) is 0 Å². The monoisotopic (exact) mass is 284 g/mol. The fraction of sp³-hybridized carbons (Fsp3) is 0.333. The zero-order chi connectivity index (χ0) is 14.7. The van der Waals surface area contributed by atoms with Crippen molar-refractivity contribution in [3.8, 4) is 11.5 Å². The molecule has 2 aromatic carbocycles. The van der Waals surface area contributed by atoms with Gasteiger partial charge in [-0.3, -0.25) is 0 Å². The summed E-state index contributed by atoms with van der Waals surface area (Å²) in [5.74, 6) is 1.65. The molecule has 2 aromatic rings. The quantitative estimate of drug-likeness (QED) is 0.931. The van der Waals surface area contributed by atoms with Crippen LogP contribution in [-0.4, -0.2) is 12.2 Å². The minimum Gasteiger partial charge on any atom is -0.497 e. The van der Waals surface area contributed by atoms with Crippen LogP contribution in [0.1, 0.15) is 35.6 Å². The first-order valence-electron chi connectivity index (χ1n) is 7.33. The van der Waals surface area contributed by atoms with Crippen LogP contribution in [0.4, 0.5) is 0 Å². The molecular weight excluding hydrogens is 264 g/mol. The number of aryl methyl sites for hydroxylation is 1. The Morgan fingerprint density at radius 3 is 2.62 bits per heavy atom. The summed E-state index contributed by atoms with van der Waals surface area (Å²) in [6, 6.07) is 13.9. The Hall–Kier alpha value is -2.00. The predicted molar refractivity (Wildman–Crippen MR) is 81.7 cm³/mol. The molecule has 0 radical (unpaired) electrons. The highest BCUT2D eigenvalue weighted by molar-refractivity contribution is 5.38. The van der Waals surface area contributed by atoms with Crippen LogP contribution in [0.2, 0.25) is 0 Å². The summed E-state index contributed by atoms with van der Waals surface area (Å²) in [6.07, 6.45) is 2.60. The molecule has 0 aliphatic heterocycles. The second-order valence-electron chi connectivity index (χ2n) is 5.41. The maximum Gasteiger partial charge on any atom is 0.120 e. The molecule has 0 saturated carbocycles. The molecule has 1 aliphatic rings. The lowest BCUT2D eigenvalue weighted by atomic mass is 9.89. The summed E-state index contributed by atoms with van der Waals surface area (Å²) in [6.45, 7) is 0.513. The number of hydrogen-bond acceptors (Lipinski definition) is 3. The summed E-state index contributed by atoms with van der Waals surface area (Å²) >= 11 is 0. The van der Waals surface area contributed by atoms with E-state index in [2.05, 4.69) is 6.07 Å². The SMILES string of the molecule is COc1ccc(COc2ccc3c(c2)[C@H](O)CCC3)cc1. The van der Waals surface area contributed by atoms with E-state index in [1.807, 2.05) is 36.4 Å². The van der Waals surface area contributed by atoms with Gasteiger partial charge in [-0.05, 0) is 60.2 Å². The molecule has 21 heavy (non-hydrogen) atoms. The highest BCUT2D eigenvalue weighted by atomic mass is 16.5. The molecular formula is C18H20O3. The number of hydrogen-bond donors (Lipinski definition) is 1. The Morgan fingerprint density at radius 2 is 1.86 bits per heavy atom. The lowest BCUT2D eigenvalue weighted by Gasteiger charge is -2.22. The number of methoxy groups -OCH3 is 1. The van der Waals surface area contributed by atoms with Gasteiger partial charge in [0.15, 0.2) is 0 Å². The summed E-state index contributed by atoms with van der Waals surface area (Å²) in [7, 11) is 1.66. The fourth-order valence-corrected chi connectivity index (χ4v) is 2.73. The Morgan fingerprint density at radius 1 is 1.10 bits per heavy atom. The Kier molecular flexibility index (Phi) is 4.11. The van der Waals surface area contributed by atoms with E-state index in [9.17, 15) is 5.11 Å². The molecule has 3 heteroatoms. The van der Waals surface area contributed by atoms with Gasteiger partial charge in [0, 0.05) is 0 Å². The van der Waals surface area contributed by atoms with Gasteiger partial charge in [0.25, 0.3) is 0 Å². The zero-order valence-electron chi connectivity index (χ0n) is 12.2. The van der Waals surface area contributed by atoms with Gasteiger partial charge < -0.3 is 14.6 Å². The lowest BCUT2D eigenvalue weighted by molar-refractivity contribution is 0.156. The van der Waals surface area contributed by atoms with Crippen LogP contribution in [0, 0.1) is 0 Å². The minimum absolute atomic E-state index is 0.349. The van der Waals surface area contributed by atoms with Gasteiger partial charge in [-0.15, -0.1) is 0 Å². The molecule has 0 unspecified atom stereocenters. The Labute approximate surface area is 125 Å². The predicted octanol–water partition coefficient (Wildman–Crippen LogP) is 3.64. The molecule has 3 rings (SSSR count). The van der Waals surface area contributed by atoms with Crippen molar-refractivity contribution < 1.29 is 14.6 Å². The first-order valence-corrected chi connectivity index (χ1v) is 7.33. The van der Waals surface area contributed by atoms with Crippen LogP contribution in [0.15, 0.2) is 42.5 Å².